The van der Waals surface area contributed by atoms with Crippen molar-refractivity contribution in [1.82, 2.24) is 0 Å². The van der Waals surface area contributed by atoms with Gasteiger partial charge in [-0.25, -0.2) is 14.0 Å². The summed E-state index contributed by atoms with van der Waals surface area (Å²) >= 11 is 0. The second-order valence-corrected chi connectivity index (χ2v) is 4.24. The van der Waals surface area contributed by atoms with Crippen LogP contribution in [-0.2, 0) is 16.1 Å². The Morgan fingerprint density at radius 1 is 1.00 bits per heavy atom. The van der Waals surface area contributed by atoms with Crippen molar-refractivity contribution in [2.75, 3.05) is 7.11 Å². The lowest BCUT2D eigenvalue weighted by molar-refractivity contribution is 0.0457. The molecule has 2 aromatic rings. The van der Waals surface area contributed by atoms with Crippen molar-refractivity contribution in [3.05, 3.63) is 71.0 Å². The zero-order valence-corrected chi connectivity index (χ0v) is 11.3. The third-order valence-corrected chi connectivity index (χ3v) is 2.81. The van der Waals surface area contributed by atoms with E-state index in [9.17, 15) is 14.0 Å². The molecule has 0 saturated heterocycles. The van der Waals surface area contributed by atoms with Crippen LogP contribution < -0.4 is 0 Å². The Morgan fingerprint density at radius 3 is 2.29 bits per heavy atom. The van der Waals surface area contributed by atoms with Crippen molar-refractivity contribution >= 4 is 11.9 Å². The van der Waals surface area contributed by atoms with Crippen LogP contribution in [0.3, 0.4) is 0 Å². The summed E-state index contributed by atoms with van der Waals surface area (Å²) in [6.45, 7) is -0.0773. The molecule has 0 fully saturated rings. The zero-order chi connectivity index (χ0) is 15.2. The van der Waals surface area contributed by atoms with Crippen molar-refractivity contribution in [2.24, 2.45) is 0 Å². The summed E-state index contributed by atoms with van der Waals surface area (Å²) < 4.78 is 22.7. The molecule has 0 spiro atoms. The van der Waals surface area contributed by atoms with Crippen LogP contribution in [0.25, 0.3) is 0 Å². The molecule has 0 N–H and O–H groups in total. The Balaban J connectivity index is 2.12. The van der Waals surface area contributed by atoms with Gasteiger partial charge in [0.15, 0.2) is 0 Å². The summed E-state index contributed by atoms with van der Waals surface area (Å²) in [6.07, 6.45) is 0. The average molecular weight is 288 g/mol. The van der Waals surface area contributed by atoms with Crippen molar-refractivity contribution < 1.29 is 23.5 Å². The van der Waals surface area contributed by atoms with Gasteiger partial charge in [-0.2, -0.15) is 0 Å². The molecule has 108 valence electrons. The normalized spacial score (nSPS) is 10.0. The lowest BCUT2D eigenvalue weighted by Crippen LogP contribution is -2.12. The number of halogens is 1. The first-order valence-corrected chi connectivity index (χ1v) is 6.20. The first-order valence-electron chi connectivity index (χ1n) is 6.20. The number of esters is 2. The number of carbonyl (C=O) groups is 2. The summed E-state index contributed by atoms with van der Waals surface area (Å²) in [5.74, 6) is -1.69. The quantitative estimate of drug-likeness (QED) is 0.812. The maximum absolute atomic E-state index is 13.0. The third-order valence-electron chi connectivity index (χ3n) is 2.81. The van der Waals surface area contributed by atoms with Gasteiger partial charge in [-0.1, -0.05) is 24.3 Å². The zero-order valence-electron chi connectivity index (χ0n) is 11.3. The van der Waals surface area contributed by atoms with Crippen LogP contribution in [0.15, 0.2) is 48.5 Å². The van der Waals surface area contributed by atoms with E-state index in [4.69, 9.17) is 4.74 Å². The lowest BCUT2D eigenvalue weighted by atomic mass is 10.1. The number of hydrogen-bond acceptors (Lipinski definition) is 4. The number of rotatable bonds is 4. The molecule has 0 atom stereocenters. The molecular weight excluding hydrogens is 275 g/mol. The van der Waals surface area contributed by atoms with Gasteiger partial charge < -0.3 is 9.47 Å². The predicted molar refractivity (Wildman–Crippen MR) is 73.3 cm³/mol. The molecule has 4 nitrogen and oxygen atoms in total. The highest BCUT2D eigenvalue weighted by atomic mass is 19.1. The summed E-state index contributed by atoms with van der Waals surface area (Å²) in [7, 11) is 1.23. The molecule has 0 unspecified atom stereocenters. The molecule has 0 aromatic heterocycles. The summed E-state index contributed by atoms with van der Waals surface area (Å²) in [5.41, 5.74) is 0.767. The Morgan fingerprint density at radius 2 is 1.67 bits per heavy atom. The van der Waals surface area contributed by atoms with Gasteiger partial charge in [0.05, 0.1) is 18.2 Å². The Kier molecular flexibility index (Phi) is 4.66. The van der Waals surface area contributed by atoms with E-state index >= 15 is 0 Å². The SMILES string of the molecule is COC(=O)c1ccccc1C(=O)OCc1cccc(F)c1. The maximum Gasteiger partial charge on any atom is 0.339 e. The van der Waals surface area contributed by atoms with E-state index in [2.05, 4.69) is 4.74 Å². The van der Waals surface area contributed by atoms with E-state index in [1.807, 2.05) is 0 Å². The highest BCUT2D eigenvalue weighted by molar-refractivity contribution is 6.03. The topological polar surface area (TPSA) is 52.6 Å². The molecule has 0 aliphatic heterocycles. The molecule has 2 rings (SSSR count). The van der Waals surface area contributed by atoms with Crippen LogP contribution in [0.4, 0.5) is 4.39 Å². The van der Waals surface area contributed by atoms with Crippen LogP contribution in [0.5, 0.6) is 0 Å². The number of ether oxygens (including phenoxy) is 2. The standard InChI is InChI=1S/C16H13FO4/c1-20-15(18)13-7-2-3-8-14(13)16(19)21-10-11-5-4-6-12(17)9-11/h2-9H,10H2,1H3. The van der Waals surface area contributed by atoms with Gasteiger partial charge in [0.25, 0.3) is 0 Å². The molecule has 0 amide bonds. The molecule has 0 bridgehead atoms. The van der Waals surface area contributed by atoms with Crippen LogP contribution in [0.2, 0.25) is 0 Å². The van der Waals surface area contributed by atoms with Gasteiger partial charge in [0, 0.05) is 0 Å². The molecule has 2 aromatic carbocycles. The van der Waals surface area contributed by atoms with Gasteiger partial charge in [0.2, 0.25) is 0 Å². The molecule has 0 radical (unpaired) electrons. The molecule has 0 saturated carbocycles. The molecule has 5 heteroatoms. The summed E-state index contributed by atoms with van der Waals surface area (Å²) in [5, 5.41) is 0. The number of benzene rings is 2. The highest BCUT2D eigenvalue weighted by Gasteiger charge is 2.18. The van der Waals surface area contributed by atoms with E-state index in [0.717, 1.165) is 0 Å². The van der Waals surface area contributed by atoms with E-state index < -0.39 is 17.8 Å². The molecule has 0 aliphatic carbocycles. The van der Waals surface area contributed by atoms with Crippen molar-refractivity contribution in [1.29, 1.82) is 0 Å². The second kappa shape index (κ2) is 6.65. The Hall–Kier alpha value is -2.69. The Bertz CT molecular complexity index is 667. The number of methoxy groups -OCH3 is 1. The van der Waals surface area contributed by atoms with Gasteiger partial charge >= 0.3 is 11.9 Å². The minimum absolute atomic E-state index is 0.0773. The fraction of sp³-hybridized carbons (Fsp3) is 0.125. The van der Waals surface area contributed by atoms with Crippen molar-refractivity contribution in [3.63, 3.8) is 0 Å². The van der Waals surface area contributed by atoms with E-state index in [0.29, 0.717) is 5.56 Å². The average Bonchev–Trinajstić information content (AvgIpc) is 2.52. The van der Waals surface area contributed by atoms with Crippen LogP contribution in [0, 0.1) is 5.82 Å². The van der Waals surface area contributed by atoms with Crippen molar-refractivity contribution in [2.45, 2.75) is 6.61 Å². The fourth-order valence-electron chi connectivity index (χ4n) is 1.80. The minimum atomic E-state index is -0.666. The summed E-state index contributed by atoms with van der Waals surface area (Å²) in [4.78, 5) is 23.6. The first-order chi connectivity index (χ1) is 10.1. The van der Waals surface area contributed by atoms with E-state index in [1.165, 1.54) is 37.4 Å². The number of carbonyl (C=O) groups excluding carboxylic acids is 2. The van der Waals surface area contributed by atoms with E-state index in [1.54, 1.807) is 18.2 Å². The van der Waals surface area contributed by atoms with Crippen LogP contribution in [0.1, 0.15) is 26.3 Å². The van der Waals surface area contributed by atoms with E-state index in [-0.39, 0.29) is 17.7 Å². The van der Waals surface area contributed by atoms with Gasteiger partial charge in [0.1, 0.15) is 12.4 Å². The van der Waals surface area contributed by atoms with Crippen molar-refractivity contribution in [3.8, 4) is 0 Å². The number of hydrogen-bond donors (Lipinski definition) is 0. The maximum atomic E-state index is 13.0. The van der Waals surface area contributed by atoms with Crippen LogP contribution >= 0.6 is 0 Å². The minimum Gasteiger partial charge on any atom is -0.465 e. The fourth-order valence-corrected chi connectivity index (χ4v) is 1.80. The highest BCUT2D eigenvalue weighted by Crippen LogP contribution is 2.13. The first kappa shape index (κ1) is 14.7. The monoisotopic (exact) mass is 288 g/mol. The van der Waals surface area contributed by atoms with Crippen LogP contribution in [-0.4, -0.2) is 19.0 Å². The molecule has 0 aliphatic rings. The Labute approximate surface area is 121 Å². The van der Waals surface area contributed by atoms with Gasteiger partial charge in [-0.05, 0) is 29.8 Å². The van der Waals surface area contributed by atoms with Gasteiger partial charge in [-0.3, -0.25) is 0 Å². The predicted octanol–water partition coefficient (Wildman–Crippen LogP) is 2.97. The molecule has 0 heterocycles. The van der Waals surface area contributed by atoms with Gasteiger partial charge in [-0.15, -0.1) is 0 Å². The lowest BCUT2D eigenvalue weighted by Gasteiger charge is -2.08. The largest absolute Gasteiger partial charge is 0.465 e. The third kappa shape index (κ3) is 3.66. The smallest absolute Gasteiger partial charge is 0.339 e. The molecular formula is C16H13FO4. The second-order valence-electron chi connectivity index (χ2n) is 4.24. The summed E-state index contributed by atoms with van der Waals surface area (Å²) in [6, 6.07) is 11.9. The molecule has 21 heavy (non-hydrogen) atoms.